The quantitative estimate of drug-likeness (QED) is 0.636. The highest BCUT2D eigenvalue weighted by atomic mass is 16.6. The van der Waals surface area contributed by atoms with Crippen molar-refractivity contribution in [1.29, 1.82) is 0 Å². The van der Waals surface area contributed by atoms with E-state index in [0.29, 0.717) is 17.1 Å². The Morgan fingerprint density at radius 1 is 1.38 bits per heavy atom. The number of carbonyl (C=O) groups excluding carboxylic acids is 1. The Balaban J connectivity index is 2.26. The Morgan fingerprint density at radius 2 is 2.00 bits per heavy atom. The number of anilines is 1. The van der Waals surface area contributed by atoms with Gasteiger partial charge in [-0.1, -0.05) is 4.98 Å². The summed E-state index contributed by atoms with van der Waals surface area (Å²) in [7, 11) is 6.51. The number of benzene rings is 1. The average Bonchev–Trinajstić information content (AvgIpc) is 2.89. The van der Waals surface area contributed by atoms with Gasteiger partial charge in [-0.3, -0.25) is 9.69 Å². The molecule has 1 N–H and O–H groups in total. The molecular formula is C15H19N5O4. The summed E-state index contributed by atoms with van der Waals surface area (Å²) < 4.78 is 6.38. The molecule has 0 bridgehead atoms. The number of imidazole rings is 1. The number of nitro groups is 1. The van der Waals surface area contributed by atoms with Gasteiger partial charge in [-0.05, 0) is 43.3 Å². The highest BCUT2D eigenvalue weighted by molar-refractivity contribution is 5.95. The first-order valence-corrected chi connectivity index (χ1v) is 7.12. The molecule has 1 atom stereocenters. The number of carbonyl (C=O) groups is 1. The van der Waals surface area contributed by atoms with Gasteiger partial charge in [0, 0.05) is 5.69 Å². The first-order chi connectivity index (χ1) is 11.3. The first-order valence-electron chi connectivity index (χ1n) is 7.12. The summed E-state index contributed by atoms with van der Waals surface area (Å²) in [5.41, 5.74) is 1.03. The highest BCUT2D eigenvalue weighted by Gasteiger charge is 2.31. The van der Waals surface area contributed by atoms with Gasteiger partial charge >= 0.3 is 5.95 Å². The second-order valence-corrected chi connectivity index (χ2v) is 5.38. The van der Waals surface area contributed by atoms with Crippen LogP contribution in [0.15, 0.2) is 30.5 Å². The van der Waals surface area contributed by atoms with Crippen LogP contribution in [0, 0.1) is 10.1 Å². The molecule has 1 amide bonds. The number of aromatic nitrogens is 2. The van der Waals surface area contributed by atoms with E-state index in [-0.39, 0.29) is 11.9 Å². The molecule has 24 heavy (non-hydrogen) atoms. The van der Waals surface area contributed by atoms with Gasteiger partial charge in [0.1, 0.15) is 23.7 Å². The van der Waals surface area contributed by atoms with Crippen LogP contribution in [-0.2, 0) is 11.8 Å². The molecule has 0 saturated heterocycles. The topological polar surface area (TPSA) is 103 Å². The summed E-state index contributed by atoms with van der Waals surface area (Å²) in [6.45, 7) is 0. The Kier molecular flexibility index (Phi) is 5.14. The molecule has 2 rings (SSSR count). The Hall–Kier alpha value is -2.94. The van der Waals surface area contributed by atoms with E-state index in [2.05, 4.69) is 10.3 Å². The van der Waals surface area contributed by atoms with E-state index in [9.17, 15) is 14.9 Å². The van der Waals surface area contributed by atoms with E-state index >= 15 is 0 Å². The number of ether oxygens (including phenoxy) is 1. The molecule has 0 aliphatic rings. The number of hydrogen-bond donors (Lipinski definition) is 1. The van der Waals surface area contributed by atoms with Gasteiger partial charge in [0.05, 0.1) is 14.2 Å². The largest absolute Gasteiger partial charge is 0.497 e. The predicted octanol–water partition coefficient (Wildman–Crippen LogP) is 1.58. The molecule has 0 radical (unpaired) electrons. The summed E-state index contributed by atoms with van der Waals surface area (Å²) in [4.78, 5) is 28.4. The minimum absolute atomic E-state index is 0.311. The number of nitrogens with one attached hydrogen (secondary N) is 1. The molecule has 0 spiro atoms. The van der Waals surface area contributed by atoms with Crippen molar-refractivity contribution in [3.05, 3.63) is 46.3 Å². The summed E-state index contributed by atoms with van der Waals surface area (Å²) in [5.74, 6) is 0.0524. The zero-order valence-electron chi connectivity index (χ0n) is 13.9. The lowest BCUT2D eigenvalue weighted by atomic mass is 10.1. The Labute approximate surface area is 139 Å². The van der Waals surface area contributed by atoms with Gasteiger partial charge in [-0.2, -0.15) is 0 Å². The fourth-order valence-electron chi connectivity index (χ4n) is 2.35. The smallest absolute Gasteiger partial charge is 0.434 e. The van der Waals surface area contributed by atoms with Crippen molar-refractivity contribution in [1.82, 2.24) is 14.5 Å². The van der Waals surface area contributed by atoms with Crippen LogP contribution >= 0.6 is 0 Å². The van der Waals surface area contributed by atoms with Crippen molar-refractivity contribution < 1.29 is 14.5 Å². The maximum atomic E-state index is 12.6. The van der Waals surface area contributed by atoms with Crippen LogP contribution in [0.1, 0.15) is 11.7 Å². The molecule has 1 aromatic carbocycles. The predicted molar refractivity (Wildman–Crippen MR) is 87.9 cm³/mol. The molecule has 1 unspecified atom stereocenters. The van der Waals surface area contributed by atoms with Gasteiger partial charge in [-0.15, -0.1) is 0 Å². The zero-order chi connectivity index (χ0) is 17.9. The summed E-state index contributed by atoms with van der Waals surface area (Å²) >= 11 is 0. The summed E-state index contributed by atoms with van der Waals surface area (Å²) in [6.07, 6.45) is 1.34. The van der Waals surface area contributed by atoms with Crippen molar-refractivity contribution >= 4 is 17.5 Å². The van der Waals surface area contributed by atoms with Crippen LogP contribution in [0.25, 0.3) is 0 Å². The van der Waals surface area contributed by atoms with Crippen LogP contribution in [0.2, 0.25) is 0 Å². The number of rotatable bonds is 6. The molecule has 2 aromatic rings. The van der Waals surface area contributed by atoms with E-state index in [4.69, 9.17) is 4.74 Å². The van der Waals surface area contributed by atoms with Crippen molar-refractivity contribution in [2.24, 2.45) is 7.05 Å². The number of likely N-dealkylation sites (N-methyl/N-ethyl adjacent to an activating group) is 1. The van der Waals surface area contributed by atoms with Crippen LogP contribution in [0.5, 0.6) is 5.75 Å². The molecule has 9 heteroatoms. The van der Waals surface area contributed by atoms with E-state index in [0.717, 1.165) is 0 Å². The number of amides is 1. The minimum atomic E-state index is -0.724. The lowest BCUT2D eigenvalue weighted by Crippen LogP contribution is -2.33. The second-order valence-electron chi connectivity index (χ2n) is 5.38. The van der Waals surface area contributed by atoms with E-state index in [1.54, 1.807) is 50.4 Å². The SMILES string of the molecule is COc1ccc(NC(=O)C(c2cnc([N+](=O)[O-])n2C)N(C)C)cc1. The lowest BCUT2D eigenvalue weighted by molar-refractivity contribution is -0.396. The molecule has 0 fully saturated rings. The Bertz CT molecular complexity index is 739. The van der Waals surface area contributed by atoms with Crippen LogP contribution in [0.4, 0.5) is 11.6 Å². The standard InChI is InChI=1S/C15H19N5O4/c1-18(2)13(12-9-16-15(19(12)3)20(22)23)14(21)17-10-5-7-11(24-4)8-6-10/h5-9,13H,1-4H3,(H,17,21). The van der Waals surface area contributed by atoms with Crippen LogP contribution < -0.4 is 10.1 Å². The first kappa shape index (κ1) is 17.4. The van der Waals surface area contributed by atoms with Crippen LogP contribution in [-0.4, -0.2) is 46.5 Å². The molecular weight excluding hydrogens is 314 g/mol. The average molecular weight is 333 g/mol. The fourth-order valence-corrected chi connectivity index (χ4v) is 2.35. The van der Waals surface area contributed by atoms with Gasteiger partial charge in [-0.25, -0.2) is 4.57 Å². The van der Waals surface area contributed by atoms with E-state index < -0.39 is 11.0 Å². The van der Waals surface area contributed by atoms with Crippen molar-refractivity contribution in [3.8, 4) is 5.75 Å². The fraction of sp³-hybridized carbons (Fsp3) is 0.333. The molecule has 0 aliphatic heterocycles. The summed E-state index contributed by atoms with van der Waals surface area (Å²) in [6, 6.07) is 6.17. The highest BCUT2D eigenvalue weighted by Crippen LogP contribution is 2.24. The van der Waals surface area contributed by atoms with Gasteiger partial charge in [0.15, 0.2) is 0 Å². The lowest BCUT2D eigenvalue weighted by Gasteiger charge is -2.22. The van der Waals surface area contributed by atoms with Crippen molar-refractivity contribution in [3.63, 3.8) is 0 Å². The number of methoxy groups -OCH3 is 1. The monoisotopic (exact) mass is 333 g/mol. The third-order valence-electron chi connectivity index (χ3n) is 3.57. The minimum Gasteiger partial charge on any atom is -0.497 e. The number of hydrogen-bond acceptors (Lipinski definition) is 6. The molecule has 0 saturated carbocycles. The maximum Gasteiger partial charge on any atom is 0.434 e. The molecule has 128 valence electrons. The second kappa shape index (κ2) is 7.09. The molecule has 1 aromatic heterocycles. The molecule has 1 heterocycles. The normalized spacial score (nSPS) is 12.0. The van der Waals surface area contributed by atoms with Crippen molar-refractivity contribution in [2.45, 2.75) is 6.04 Å². The zero-order valence-corrected chi connectivity index (χ0v) is 13.9. The van der Waals surface area contributed by atoms with Gasteiger partial charge in [0.2, 0.25) is 5.91 Å². The van der Waals surface area contributed by atoms with Crippen LogP contribution in [0.3, 0.4) is 0 Å². The van der Waals surface area contributed by atoms with Gasteiger partial charge in [0.25, 0.3) is 0 Å². The van der Waals surface area contributed by atoms with E-state index in [1.807, 2.05) is 0 Å². The number of nitrogens with zero attached hydrogens (tertiary/aromatic N) is 4. The summed E-state index contributed by atoms with van der Waals surface area (Å²) in [5, 5.41) is 13.7. The third kappa shape index (κ3) is 3.51. The van der Waals surface area contributed by atoms with Crippen molar-refractivity contribution in [2.75, 3.05) is 26.5 Å². The van der Waals surface area contributed by atoms with E-state index in [1.165, 1.54) is 17.8 Å². The molecule has 0 aliphatic carbocycles. The molecule has 9 nitrogen and oxygen atoms in total. The van der Waals surface area contributed by atoms with Gasteiger partial charge < -0.3 is 20.2 Å². The Morgan fingerprint density at radius 3 is 2.46 bits per heavy atom. The maximum absolute atomic E-state index is 12.6. The third-order valence-corrected chi connectivity index (χ3v) is 3.57.